The summed E-state index contributed by atoms with van der Waals surface area (Å²) >= 11 is 1.19. The second-order valence-electron chi connectivity index (χ2n) is 7.27. The van der Waals surface area contributed by atoms with Crippen molar-refractivity contribution >= 4 is 23.5 Å². The van der Waals surface area contributed by atoms with Crippen LogP contribution in [0.15, 0.2) is 44.5 Å². The van der Waals surface area contributed by atoms with Crippen LogP contribution in [0.1, 0.15) is 39.0 Å². The van der Waals surface area contributed by atoms with Crippen LogP contribution < -0.4 is 5.32 Å². The number of carbonyl (C=O) groups excluding carboxylic acids is 1. The summed E-state index contributed by atoms with van der Waals surface area (Å²) in [5.41, 5.74) is 2.16. The van der Waals surface area contributed by atoms with Gasteiger partial charge in [0.2, 0.25) is 11.8 Å². The number of anilines is 1. The average Bonchev–Trinajstić information content (AvgIpc) is 3.23. The van der Waals surface area contributed by atoms with E-state index in [1.54, 1.807) is 19.9 Å². The number of nitrogens with zero attached hydrogens (tertiary/aromatic N) is 3. The zero-order valence-corrected chi connectivity index (χ0v) is 16.8. The fraction of sp³-hybridized carbons (Fsp3) is 0.368. The molecule has 0 fully saturated rings. The Balaban J connectivity index is 1.64. The van der Waals surface area contributed by atoms with Crippen molar-refractivity contribution in [3.63, 3.8) is 0 Å². The Kier molecular flexibility index (Phi) is 5.36. The zero-order valence-electron chi connectivity index (χ0n) is 15.9. The maximum Gasteiger partial charge on any atom is 0.277 e. The highest BCUT2D eigenvalue weighted by Gasteiger charge is 2.20. The van der Waals surface area contributed by atoms with Crippen molar-refractivity contribution in [2.75, 3.05) is 5.32 Å². The van der Waals surface area contributed by atoms with Crippen LogP contribution in [0, 0.1) is 6.92 Å². The van der Waals surface area contributed by atoms with Gasteiger partial charge in [0, 0.05) is 11.6 Å². The van der Waals surface area contributed by atoms with Gasteiger partial charge >= 0.3 is 0 Å². The fourth-order valence-corrected chi connectivity index (χ4v) is 3.03. The Hall–Kier alpha value is -2.61. The largest absolute Gasteiger partial charge is 0.411 e. The Morgan fingerprint density at radius 3 is 2.48 bits per heavy atom. The summed E-state index contributed by atoms with van der Waals surface area (Å²) in [7, 11) is 0. The summed E-state index contributed by atoms with van der Waals surface area (Å²) < 4.78 is 10.6. The molecule has 0 bridgehead atoms. The molecular weight excluding hydrogens is 364 g/mol. The molecule has 7 nitrogen and oxygen atoms in total. The average molecular weight is 386 g/mol. The third-order valence-electron chi connectivity index (χ3n) is 3.93. The molecular formula is C19H22N4O3S. The lowest BCUT2D eigenvalue weighted by Crippen LogP contribution is -2.22. The highest BCUT2D eigenvalue weighted by atomic mass is 32.2. The van der Waals surface area contributed by atoms with Gasteiger partial charge < -0.3 is 14.3 Å². The monoisotopic (exact) mass is 386 g/mol. The first-order chi connectivity index (χ1) is 12.7. The summed E-state index contributed by atoms with van der Waals surface area (Å²) in [4.78, 5) is 12.2. The molecule has 0 radical (unpaired) electrons. The summed E-state index contributed by atoms with van der Waals surface area (Å²) in [5.74, 6) is 1.22. The highest BCUT2D eigenvalue weighted by molar-refractivity contribution is 8.00. The molecule has 0 aliphatic carbocycles. The number of benzene rings is 1. The van der Waals surface area contributed by atoms with Crippen molar-refractivity contribution in [2.45, 2.75) is 50.5 Å². The third-order valence-corrected chi connectivity index (χ3v) is 4.86. The minimum Gasteiger partial charge on any atom is -0.411 e. The molecule has 2 heterocycles. The summed E-state index contributed by atoms with van der Waals surface area (Å²) in [6.07, 6.45) is 0. The topological polar surface area (TPSA) is 94.1 Å². The van der Waals surface area contributed by atoms with Gasteiger partial charge in [-0.15, -0.1) is 10.2 Å². The van der Waals surface area contributed by atoms with E-state index in [9.17, 15) is 4.79 Å². The molecule has 2 aromatic heterocycles. The van der Waals surface area contributed by atoms with Gasteiger partial charge in [0.15, 0.2) is 5.82 Å². The second-order valence-corrected chi connectivity index (χ2v) is 8.56. The predicted octanol–water partition coefficient (Wildman–Crippen LogP) is 4.45. The maximum absolute atomic E-state index is 12.2. The molecule has 0 spiro atoms. The van der Waals surface area contributed by atoms with Gasteiger partial charge in [0.05, 0.1) is 5.25 Å². The van der Waals surface area contributed by atoms with Crippen molar-refractivity contribution in [3.05, 3.63) is 41.7 Å². The number of nitrogens with one attached hydrogen (secondary N) is 1. The minimum atomic E-state index is -0.432. The van der Waals surface area contributed by atoms with Gasteiger partial charge in [0.1, 0.15) is 5.76 Å². The zero-order chi connectivity index (χ0) is 19.6. The van der Waals surface area contributed by atoms with E-state index in [1.807, 2.05) is 12.1 Å². The Morgan fingerprint density at radius 2 is 1.89 bits per heavy atom. The van der Waals surface area contributed by atoms with Crippen molar-refractivity contribution in [1.82, 2.24) is 15.4 Å². The van der Waals surface area contributed by atoms with E-state index in [-0.39, 0.29) is 11.3 Å². The predicted molar refractivity (Wildman–Crippen MR) is 104 cm³/mol. The van der Waals surface area contributed by atoms with Crippen LogP contribution in [0.4, 0.5) is 5.82 Å². The first kappa shape index (κ1) is 19.2. The number of thioether (sulfide) groups is 1. The molecule has 0 saturated carbocycles. The van der Waals surface area contributed by atoms with E-state index in [4.69, 9.17) is 8.94 Å². The summed E-state index contributed by atoms with van der Waals surface area (Å²) in [6.45, 7) is 10.0. The molecule has 1 atom stereocenters. The SMILES string of the molecule is Cc1cc(NC(=O)[C@H](C)Sc2nnc(-c3ccc(C(C)(C)C)cc3)o2)no1. The number of aromatic nitrogens is 3. The number of hydrogen-bond acceptors (Lipinski definition) is 7. The second kappa shape index (κ2) is 7.56. The van der Waals surface area contributed by atoms with Crippen LogP contribution in [-0.2, 0) is 10.2 Å². The molecule has 8 heteroatoms. The lowest BCUT2D eigenvalue weighted by Gasteiger charge is -2.18. The van der Waals surface area contributed by atoms with Crippen molar-refractivity contribution in [1.29, 1.82) is 0 Å². The molecule has 3 aromatic rings. The van der Waals surface area contributed by atoms with E-state index in [1.165, 1.54) is 17.3 Å². The molecule has 142 valence electrons. The van der Waals surface area contributed by atoms with Gasteiger partial charge in [0.25, 0.3) is 5.22 Å². The number of hydrogen-bond donors (Lipinski definition) is 1. The van der Waals surface area contributed by atoms with Crippen LogP contribution in [0.25, 0.3) is 11.5 Å². The number of rotatable bonds is 5. The lowest BCUT2D eigenvalue weighted by atomic mass is 9.87. The van der Waals surface area contributed by atoms with Gasteiger partial charge in [-0.2, -0.15) is 0 Å². The number of carbonyl (C=O) groups is 1. The van der Waals surface area contributed by atoms with Crippen LogP contribution >= 0.6 is 11.8 Å². The number of amides is 1. The van der Waals surface area contributed by atoms with Crippen LogP contribution in [0.3, 0.4) is 0 Å². The van der Waals surface area contributed by atoms with E-state index in [0.717, 1.165) is 5.56 Å². The quantitative estimate of drug-likeness (QED) is 0.647. The molecule has 1 amide bonds. The Morgan fingerprint density at radius 1 is 1.19 bits per heavy atom. The Labute approximate surface area is 161 Å². The van der Waals surface area contributed by atoms with Crippen molar-refractivity contribution in [3.8, 4) is 11.5 Å². The van der Waals surface area contributed by atoms with E-state index >= 15 is 0 Å². The van der Waals surface area contributed by atoms with Crippen LogP contribution in [0.2, 0.25) is 0 Å². The summed E-state index contributed by atoms with van der Waals surface area (Å²) in [6, 6.07) is 9.70. The van der Waals surface area contributed by atoms with Gasteiger partial charge in [-0.1, -0.05) is 49.8 Å². The molecule has 1 N–H and O–H groups in total. The molecule has 3 rings (SSSR count). The van der Waals surface area contributed by atoms with Gasteiger partial charge in [-0.25, -0.2) is 0 Å². The molecule has 0 unspecified atom stereocenters. The van der Waals surface area contributed by atoms with Crippen molar-refractivity contribution in [2.24, 2.45) is 0 Å². The molecule has 0 aliphatic heterocycles. The first-order valence-corrected chi connectivity index (χ1v) is 9.45. The van der Waals surface area contributed by atoms with Gasteiger partial charge in [-0.3, -0.25) is 4.79 Å². The van der Waals surface area contributed by atoms with E-state index < -0.39 is 5.25 Å². The normalized spacial score (nSPS) is 12.8. The smallest absolute Gasteiger partial charge is 0.277 e. The molecule has 0 aliphatic rings. The number of aryl methyl sites for hydroxylation is 1. The Bertz CT molecular complexity index is 925. The first-order valence-electron chi connectivity index (χ1n) is 8.57. The lowest BCUT2D eigenvalue weighted by molar-refractivity contribution is -0.115. The fourth-order valence-electron chi connectivity index (χ4n) is 2.34. The minimum absolute atomic E-state index is 0.0829. The third kappa shape index (κ3) is 4.77. The summed E-state index contributed by atoms with van der Waals surface area (Å²) in [5, 5.41) is 14.4. The van der Waals surface area contributed by atoms with E-state index in [0.29, 0.717) is 22.7 Å². The molecule has 1 aromatic carbocycles. The van der Waals surface area contributed by atoms with Crippen molar-refractivity contribution < 1.29 is 13.7 Å². The standard InChI is InChI=1S/C19H22N4O3S/c1-11-10-15(23-26-11)20-16(24)12(2)27-18-22-21-17(25-18)13-6-8-14(9-7-13)19(3,4)5/h6-10,12H,1-5H3,(H,20,23,24)/t12-/m0/s1. The molecule has 27 heavy (non-hydrogen) atoms. The van der Waals surface area contributed by atoms with Crippen LogP contribution in [-0.4, -0.2) is 26.5 Å². The maximum atomic E-state index is 12.2. The van der Waals surface area contributed by atoms with E-state index in [2.05, 4.69) is 53.6 Å². The van der Waals surface area contributed by atoms with Crippen LogP contribution in [0.5, 0.6) is 0 Å². The van der Waals surface area contributed by atoms with Gasteiger partial charge in [-0.05, 0) is 37.0 Å². The molecule has 0 saturated heterocycles. The highest BCUT2D eigenvalue weighted by Crippen LogP contribution is 2.29.